The lowest BCUT2D eigenvalue weighted by Gasteiger charge is -2.10. The Morgan fingerprint density at radius 2 is 1.97 bits per heavy atom. The zero-order valence-corrected chi connectivity index (χ0v) is 17.8. The molecule has 0 aliphatic heterocycles. The van der Waals surface area contributed by atoms with Crippen molar-refractivity contribution in [3.63, 3.8) is 0 Å². The molecular weight excluding hydrogens is 421 g/mol. The number of thiazole rings is 1. The number of amides is 1. The number of nitrogens with one attached hydrogen (secondary N) is 1. The molecule has 0 aliphatic rings. The van der Waals surface area contributed by atoms with Crippen LogP contribution in [0.5, 0.6) is 0 Å². The van der Waals surface area contributed by atoms with Crippen LogP contribution in [0.1, 0.15) is 11.1 Å². The van der Waals surface area contributed by atoms with E-state index in [1.165, 1.54) is 42.3 Å². The molecule has 0 radical (unpaired) electrons. The van der Waals surface area contributed by atoms with Crippen LogP contribution in [0.2, 0.25) is 0 Å². The second-order valence-electron chi connectivity index (χ2n) is 7.10. The minimum absolute atomic E-state index is 0.0967. The molecule has 0 aliphatic carbocycles. The molecule has 1 N–H and O–H groups in total. The predicted octanol–water partition coefficient (Wildman–Crippen LogP) is 2.38. The summed E-state index contributed by atoms with van der Waals surface area (Å²) in [5.41, 5.74) is 1.39. The average Bonchev–Trinajstić information content (AvgIpc) is 3.20. The zero-order valence-electron chi connectivity index (χ0n) is 17.0. The van der Waals surface area contributed by atoms with Gasteiger partial charge in [0.1, 0.15) is 11.5 Å². The highest BCUT2D eigenvalue weighted by Gasteiger charge is 2.16. The standard InChI is InChI=1S/C21H18FN5O3S/c1-11-4-5-12(8-14(11)22)15-10-31-20(24-15)25-16(28)9-13-6-7-23-18-17(13)19(29)27(3)21(30)26(18)2/h4-8,10H,9H2,1-3H3,(H,24,25,28). The molecule has 158 valence electrons. The molecule has 3 heterocycles. The largest absolute Gasteiger partial charge is 0.332 e. The first-order valence-corrected chi connectivity index (χ1v) is 10.2. The van der Waals surface area contributed by atoms with Gasteiger partial charge in [-0.25, -0.2) is 19.2 Å². The van der Waals surface area contributed by atoms with E-state index in [-0.39, 0.29) is 29.2 Å². The van der Waals surface area contributed by atoms with Gasteiger partial charge in [0, 0.05) is 31.2 Å². The van der Waals surface area contributed by atoms with Crippen molar-refractivity contribution in [3.05, 3.63) is 73.6 Å². The third kappa shape index (κ3) is 3.77. The fraction of sp³-hybridized carbons (Fsp3) is 0.190. The van der Waals surface area contributed by atoms with Crippen LogP contribution >= 0.6 is 11.3 Å². The Bertz CT molecular complexity index is 1450. The fourth-order valence-electron chi connectivity index (χ4n) is 3.25. The van der Waals surface area contributed by atoms with Crippen LogP contribution in [-0.4, -0.2) is 25.0 Å². The van der Waals surface area contributed by atoms with Crippen LogP contribution in [0, 0.1) is 12.7 Å². The van der Waals surface area contributed by atoms with E-state index >= 15 is 0 Å². The van der Waals surface area contributed by atoms with Gasteiger partial charge in [0.15, 0.2) is 5.13 Å². The second kappa shape index (κ2) is 7.88. The maximum atomic E-state index is 13.8. The summed E-state index contributed by atoms with van der Waals surface area (Å²) in [5.74, 6) is -0.698. The first-order chi connectivity index (χ1) is 14.8. The van der Waals surface area contributed by atoms with Gasteiger partial charge in [-0.15, -0.1) is 11.3 Å². The minimum Gasteiger partial charge on any atom is -0.302 e. The summed E-state index contributed by atoms with van der Waals surface area (Å²) in [4.78, 5) is 45.8. The summed E-state index contributed by atoms with van der Waals surface area (Å²) in [6, 6.07) is 6.42. The Labute approximate surface area is 179 Å². The molecule has 4 aromatic rings. The van der Waals surface area contributed by atoms with E-state index in [4.69, 9.17) is 0 Å². The van der Waals surface area contributed by atoms with Crippen molar-refractivity contribution in [1.82, 2.24) is 19.1 Å². The first kappa shape index (κ1) is 20.6. The average molecular weight is 439 g/mol. The van der Waals surface area contributed by atoms with Gasteiger partial charge in [0.25, 0.3) is 5.56 Å². The summed E-state index contributed by atoms with van der Waals surface area (Å²) in [6.45, 7) is 1.68. The highest BCUT2D eigenvalue weighted by Crippen LogP contribution is 2.26. The van der Waals surface area contributed by atoms with Crippen LogP contribution in [0.25, 0.3) is 22.3 Å². The summed E-state index contributed by atoms with van der Waals surface area (Å²) in [6.07, 6.45) is 1.36. The van der Waals surface area contributed by atoms with Gasteiger partial charge in [0.2, 0.25) is 5.91 Å². The summed E-state index contributed by atoms with van der Waals surface area (Å²) in [7, 11) is 2.90. The van der Waals surface area contributed by atoms with Crippen molar-refractivity contribution in [1.29, 1.82) is 0 Å². The van der Waals surface area contributed by atoms with Crippen molar-refractivity contribution >= 4 is 33.4 Å². The predicted molar refractivity (Wildman–Crippen MR) is 117 cm³/mol. The van der Waals surface area contributed by atoms with Gasteiger partial charge in [-0.1, -0.05) is 12.1 Å². The number of hydrogen-bond donors (Lipinski definition) is 1. The highest BCUT2D eigenvalue weighted by molar-refractivity contribution is 7.14. The maximum Gasteiger partial charge on any atom is 0.332 e. The van der Waals surface area contributed by atoms with Crippen molar-refractivity contribution in [2.45, 2.75) is 13.3 Å². The number of pyridine rings is 1. The monoisotopic (exact) mass is 439 g/mol. The number of benzene rings is 1. The van der Waals surface area contributed by atoms with E-state index in [0.717, 1.165) is 4.57 Å². The molecule has 1 amide bonds. The number of aryl methyl sites for hydroxylation is 2. The van der Waals surface area contributed by atoms with Gasteiger partial charge in [-0.05, 0) is 30.2 Å². The molecule has 8 nitrogen and oxygen atoms in total. The van der Waals surface area contributed by atoms with Gasteiger partial charge in [0.05, 0.1) is 17.5 Å². The topological polar surface area (TPSA) is 98.9 Å². The molecule has 0 unspecified atom stereocenters. The minimum atomic E-state index is -0.507. The molecule has 1 aromatic carbocycles. The van der Waals surface area contributed by atoms with Gasteiger partial charge in [-0.3, -0.25) is 18.7 Å². The third-order valence-corrected chi connectivity index (χ3v) is 5.75. The van der Waals surface area contributed by atoms with Crippen molar-refractivity contribution in [3.8, 4) is 11.3 Å². The highest BCUT2D eigenvalue weighted by atomic mass is 32.1. The van der Waals surface area contributed by atoms with Crippen molar-refractivity contribution in [2.75, 3.05) is 5.32 Å². The number of rotatable bonds is 4. The van der Waals surface area contributed by atoms with Crippen LogP contribution in [-0.2, 0) is 25.3 Å². The molecule has 0 saturated heterocycles. The Hall–Kier alpha value is -3.66. The smallest absolute Gasteiger partial charge is 0.302 e. The lowest BCUT2D eigenvalue weighted by Crippen LogP contribution is -2.37. The van der Waals surface area contributed by atoms with E-state index in [2.05, 4.69) is 15.3 Å². The molecule has 31 heavy (non-hydrogen) atoms. The lowest BCUT2D eigenvalue weighted by molar-refractivity contribution is -0.115. The van der Waals surface area contributed by atoms with E-state index in [1.54, 1.807) is 30.5 Å². The summed E-state index contributed by atoms with van der Waals surface area (Å²) >= 11 is 1.22. The molecule has 10 heteroatoms. The van der Waals surface area contributed by atoms with Crippen LogP contribution in [0.4, 0.5) is 9.52 Å². The molecule has 0 fully saturated rings. The van der Waals surface area contributed by atoms with Crippen LogP contribution in [0.15, 0.2) is 45.4 Å². The second-order valence-corrected chi connectivity index (χ2v) is 7.96. The number of halogens is 1. The number of carbonyl (C=O) groups is 1. The summed E-state index contributed by atoms with van der Waals surface area (Å²) in [5, 5.41) is 5.02. The third-order valence-electron chi connectivity index (χ3n) is 5.00. The Balaban J connectivity index is 1.60. The lowest BCUT2D eigenvalue weighted by atomic mass is 10.1. The van der Waals surface area contributed by atoms with Gasteiger partial charge < -0.3 is 5.32 Å². The van der Waals surface area contributed by atoms with E-state index in [9.17, 15) is 18.8 Å². The molecule has 3 aromatic heterocycles. The normalized spacial score (nSPS) is 11.1. The molecule has 0 atom stereocenters. The SMILES string of the molecule is Cc1ccc(-c2csc(NC(=O)Cc3ccnc4c3c(=O)n(C)c(=O)n4C)n2)cc1F. The molecule has 0 bridgehead atoms. The van der Waals surface area contributed by atoms with E-state index in [0.29, 0.717) is 27.5 Å². The van der Waals surface area contributed by atoms with Crippen LogP contribution in [0.3, 0.4) is 0 Å². The van der Waals surface area contributed by atoms with Crippen LogP contribution < -0.4 is 16.6 Å². The molecular formula is C21H18FN5O3S. The quantitative estimate of drug-likeness (QED) is 0.526. The van der Waals surface area contributed by atoms with E-state index in [1.807, 2.05) is 0 Å². The van der Waals surface area contributed by atoms with Gasteiger partial charge >= 0.3 is 5.69 Å². The number of fused-ring (bicyclic) bond motifs is 1. The Morgan fingerprint density at radius 3 is 2.71 bits per heavy atom. The zero-order chi connectivity index (χ0) is 22.3. The first-order valence-electron chi connectivity index (χ1n) is 9.31. The molecule has 0 spiro atoms. The molecule has 4 rings (SSSR count). The fourth-order valence-corrected chi connectivity index (χ4v) is 3.98. The molecule has 0 saturated carbocycles. The number of carbonyl (C=O) groups excluding carboxylic acids is 1. The number of anilines is 1. The number of hydrogen-bond acceptors (Lipinski definition) is 6. The maximum absolute atomic E-state index is 13.8. The van der Waals surface area contributed by atoms with Crippen molar-refractivity contribution in [2.24, 2.45) is 14.1 Å². The number of aromatic nitrogens is 4. The van der Waals surface area contributed by atoms with Crippen molar-refractivity contribution < 1.29 is 9.18 Å². The Morgan fingerprint density at radius 1 is 1.19 bits per heavy atom. The van der Waals surface area contributed by atoms with Gasteiger partial charge in [-0.2, -0.15) is 0 Å². The summed E-state index contributed by atoms with van der Waals surface area (Å²) < 4.78 is 16.1. The van der Waals surface area contributed by atoms with E-state index < -0.39 is 11.2 Å². The number of nitrogens with zero attached hydrogens (tertiary/aromatic N) is 4. The Kier molecular flexibility index (Phi) is 5.24.